The van der Waals surface area contributed by atoms with Crippen LogP contribution in [0.25, 0.3) is 0 Å². The molecule has 1 amide bonds. The van der Waals surface area contributed by atoms with Crippen LogP contribution in [0, 0.1) is 0 Å². The largest absolute Gasteiger partial charge is 0.507 e. The van der Waals surface area contributed by atoms with Crippen LogP contribution in [-0.2, 0) is 0 Å². The number of fused-ring (bicyclic) bond motifs is 1. The molecule has 1 heterocycles. The summed E-state index contributed by atoms with van der Waals surface area (Å²) in [7, 11) is 0. The van der Waals surface area contributed by atoms with Crippen LogP contribution in [0.15, 0.2) is 30.3 Å². The second-order valence-electron chi connectivity index (χ2n) is 5.32. The van der Waals surface area contributed by atoms with Gasteiger partial charge in [-0.1, -0.05) is 11.6 Å². The summed E-state index contributed by atoms with van der Waals surface area (Å²) in [5, 5.41) is 21.3. The van der Waals surface area contributed by atoms with Crippen LogP contribution < -0.4 is 14.8 Å². The highest BCUT2D eigenvalue weighted by Crippen LogP contribution is 2.35. The second kappa shape index (κ2) is 6.90. The molecule has 0 spiro atoms. The van der Waals surface area contributed by atoms with E-state index in [4.69, 9.17) is 26.2 Å². The number of aromatic carboxylic acids is 1. The lowest BCUT2D eigenvalue weighted by Gasteiger charge is -2.12. The van der Waals surface area contributed by atoms with Gasteiger partial charge in [0.25, 0.3) is 5.91 Å². The number of carbonyl (C=O) groups excluding carboxylic acids is 1. The number of anilines is 1. The van der Waals surface area contributed by atoms with E-state index >= 15 is 0 Å². The van der Waals surface area contributed by atoms with Crippen molar-refractivity contribution in [3.05, 3.63) is 46.5 Å². The zero-order valence-corrected chi connectivity index (χ0v) is 13.7. The number of hydrogen-bond donors (Lipinski definition) is 3. The van der Waals surface area contributed by atoms with Crippen LogP contribution in [0.5, 0.6) is 17.2 Å². The van der Waals surface area contributed by atoms with Gasteiger partial charge < -0.3 is 25.0 Å². The van der Waals surface area contributed by atoms with E-state index in [1.54, 1.807) is 0 Å². The molecule has 3 rings (SSSR count). The van der Waals surface area contributed by atoms with Crippen molar-refractivity contribution < 1.29 is 29.3 Å². The summed E-state index contributed by atoms with van der Waals surface area (Å²) in [6.45, 7) is 0.968. The molecule has 0 aliphatic carbocycles. The number of ether oxygens (including phenoxy) is 2. The molecule has 2 aromatic rings. The van der Waals surface area contributed by atoms with E-state index in [1.165, 1.54) is 24.3 Å². The summed E-state index contributed by atoms with van der Waals surface area (Å²) in [6, 6.07) is 6.73. The minimum Gasteiger partial charge on any atom is -0.507 e. The van der Waals surface area contributed by atoms with Gasteiger partial charge in [0.1, 0.15) is 11.3 Å². The molecule has 130 valence electrons. The molecule has 25 heavy (non-hydrogen) atoms. The van der Waals surface area contributed by atoms with Crippen molar-refractivity contribution in [3.8, 4) is 17.2 Å². The average molecular weight is 364 g/mol. The highest BCUT2D eigenvalue weighted by Gasteiger charge is 2.19. The van der Waals surface area contributed by atoms with Crippen molar-refractivity contribution in [1.82, 2.24) is 0 Å². The summed E-state index contributed by atoms with van der Waals surface area (Å²) < 4.78 is 11.0. The van der Waals surface area contributed by atoms with Crippen molar-refractivity contribution in [2.75, 3.05) is 18.5 Å². The van der Waals surface area contributed by atoms with E-state index in [2.05, 4.69) is 5.32 Å². The lowest BCUT2D eigenvalue weighted by atomic mass is 10.1. The summed E-state index contributed by atoms with van der Waals surface area (Å²) >= 11 is 6.15. The molecule has 0 bridgehead atoms. The SMILES string of the molecule is O=C(O)c1cc(NC(=O)c2cc3c(cc2Cl)OCCCO3)ccc1O. The highest BCUT2D eigenvalue weighted by molar-refractivity contribution is 6.34. The van der Waals surface area contributed by atoms with Crippen LogP contribution in [0.3, 0.4) is 0 Å². The summed E-state index contributed by atoms with van der Waals surface area (Å²) in [4.78, 5) is 23.5. The van der Waals surface area contributed by atoms with Crippen molar-refractivity contribution in [2.45, 2.75) is 6.42 Å². The molecule has 0 saturated heterocycles. The fourth-order valence-corrected chi connectivity index (χ4v) is 2.58. The van der Waals surface area contributed by atoms with Crippen molar-refractivity contribution in [3.63, 3.8) is 0 Å². The molecule has 0 radical (unpaired) electrons. The molecular weight excluding hydrogens is 350 g/mol. The fraction of sp³-hybridized carbons (Fsp3) is 0.176. The molecule has 1 aliphatic rings. The maximum absolute atomic E-state index is 12.5. The van der Waals surface area contributed by atoms with Gasteiger partial charge in [0.15, 0.2) is 11.5 Å². The molecule has 7 nitrogen and oxygen atoms in total. The number of carboxylic acid groups (broad SMARTS) is 1. The topological polar surface area (TPSA) is 105 Å². The Hall–Kier alpha value is -2.93. The molecular formula is C17H14ClNO6. The highest BCUT2D eigenvalue weighted by atomic mass is 35.5. The van der Waals surface area contributed by atoms with Gasteiger partial charge in [0.05, 0.1) is 23.8 Å². The van der Waals surface area contributed by atoms with E-state index in [0.717, 1.165) is 12.5 Å². The van der Waals surface area contributed by atoms with E-state index in [-0.39, 0.29) is 27.6 Å². The number of aromatic hydroxyl groups is 1. The molecule has 0 saturated carbocycles. The molecule has 0 atom stereocenters. The Bertz CT molecular complexity index is 851. The monoisotopic (exact) mass is 363 g/mol. The lowest BCUT2D eigenvalue weighted by molar-refractivity contribution is 0.0693. The first-order valence-corrected chi connectivity index (χ1v) is 7.80. The van der Waals surface area contributed by atoms with Gasteiger partial charge in [-0.15, -0.1) is 0 Å². The van der Waals surface area contributed by atoms with Gasteiger partial charge in [-0.2, -0.15) is 0 Å². The van der Waals surface area contributed by atoms with Gasteiger partial charge in [0.2, 0.25) is 0 Å². The van der Waals surface area contributed by atoms with Crippen LogP contribution in [-0.4, -0.2) is 35.3 Å². The number of amides is 1. The normalized spacial score (nSPS) is 13.0. The minimum atomic E-state index is -1.30. The number of rotatable bonds is 3. The van der Waals surface area contributed by atoms with Crippen molar-refractivity contribution >= 4 is 29.2 Å². The van der Waals surface area contributed by atoms with Crippen molar-refractivity contribution in [2.24, 2.45) is 0 Å². The maximum Gasteiger partial charge on any atom is 0.339 e. The van der Waals surface area contributed by atoms with Crippen LogP contribution in [0.2, 0.25) is 5.02 Å². The fourth-order valence-electron chi connectivity index (χ4n) is 2.34. The van der Waals surface area contributed by atoms with Crippen molar-refractivity contribution in [1.29, 1.82) is 0 Å². The standard InChI is InChI=1S/C17H14ClNO6/c18-12-8-15-14(24-4-1-5-25-15)7-10(12)16(21)19-9-2-3-13(20)11(6-9)17(22)23/h2-3,6-8,20H,1,4-5H2,(H,19,21)(H,22,23). The van der Waals surface area contributed by atoms with Crippen LogP contribution >= 0.6 is 11.6 Å². The zero-order chi connectivity index (χ0) is 18.0. The average Bonchev–Trinajstić information content (AvgIpc) is 2.80. The Morgan fingerprint density at radius 3 is 2.40 bits per heavy atom. The summed E-state index contributed by atoms with van der Waals surface area (Å²) in [5.74, 6) is -1.34. The predicted molar refractivity (Wildman–Crippen MR) is 90.1 cm³/mol. The van der Waals surface area contributed by atoms with E-state index < -0.39 is 11.9 Å². The number of benzene rings is 2. The molecule has 0 unspecified atom stereocenters. The Kier molecular flexibility index (Phi) is 4.67. The Balaban J connectivity index is 1.88. The zero-order valence-electron chi connectivity index (χ0n) is 12.9. The predicted octanol–water partition coefficient (Wildman–Crippen LogP) is 3.16. The molecule has 1 aliphatic heterocycles. The van der Waals surface area contributed by atoms with Gasteiger partial charge >= 0.3 is 5.97 Å². The van der Waals surface area contributed by atoms with Gasteiger partial charge in [-0.3, -0.25) is 4.79 Å². The van der Waals surface area contributed by atoms with Crippen LogP contribution in [0.4, 0.5) is 5.69 Å². The third-order valence-corrected chi connectivity index (χ3v) is 3.88. The first kappa shape index (κ1) is 16.9. The third kappa shape index (κ3) is 3.61. The van der Waals surface area contributed by atoms with Gasteiger partial charge in [-0.25, -0.2) is 4.79 Å². The second-order valence-corrected chi connectivity index (χ2v) is 5.73. The smallest absolute Gasteiger partial charge is 0.339 e. The van der Waals surface area contributed by atoms with E-state index in [1.807, 2.05) is 0 Å². The van der Waals surface area contributed by atoms with Gasteiger partial charge in [-0.05, 0) is 24.3 Å². The lowest BCUT2D eigenvalue weighted by Crippen LogP contribution is -2.13. The number of phenols is 1. The first-order valence-electron chi connectivity index (χ1n) is 7.42. The summed E-state index contributed by atoms with van der Waals surface area (Å²) in [6.07, 6.45) is 0.722. The molecule has 8 heteroatoms. The number of carbonyl (C=O) groups is 2. The van der Waals surface area contributed by atoms with Gasteiger partial charge in [0, 0.05) is 18.2 Å². The maximum atomic E-state index is 12.5. The minimum absolute atomic E-state index is 0.163. The molecule has 2 aromatic carbocycles. The number of halogens is 1. The van der Waals surface area contributed by atoms with Crippen LogP contribution in [0.1, 0.15) is 27.1 Å². The Morgan fingerprint density at radius 1 is 1.04 bits per heavy atom. The van der Waals surface area contributed by atoms with E-state index in [9.17, 15) is 14.7 Å². The number of carboxylic acids is 1. The quantitative estimate of drug-likeness (QED) is 0.723. The number of nitrogens with one attached hydrogen (secondary N) is 1. The Morgan fingerprint density at radius 2 is 1.72 bits per heavy atom. The molecule has 0 aromatic heterocycles. The summed E-state index contributed by atoms with van der Waals surface area (Å²) in [5.41, 5.74) is 0.0572. The number of hydrogen-bond acceptors (Lipinski definition) is 5. The molecule has 0 fully saturated rings. The Labute approximate surface area is 147 Å². The first-order chi connectivity index (χ1) is 12.0. The molecule has 3 N–H and O–H groups in total. The third-order valence-electron chi connectivity index (χ3n) is 3.57. The van der Waals surface area contributed by atoms with E-state index in [0.29, 0.717) is 24.7 Å².